The minimum absolute atomic E-state index is 0.339. The normalized spacial score (nSPS) is 9.77. The number of carboxylic acid groups (broad SMARTS) is 1. The Labute approximate surface area is 96.6 Å². The van der Waals surface area contributed by atoms with Crippen molar-refractivity contribution in [2.24, 2.45) is 0 Å². The molecule has 0 spiro atoms. The number of carbonyl (C=O) groups is 1. The molecule has 0 unspecified atom stereocenters. The van der Waals surface area contributed by atoms with Crippen LogP contribution in [0.2, 0.25) is 5.02 Å². The molecular weight excluding hydrogens is 380 g/mol. The van der Waals surface area contributed by atoms with E-state index in [4.69, 9.17) is 21.4 Å². The molecule has 13 heavy (non-hydrogen) atoms. The second-order valence-corrected chi connectivity index (χ2v) is 5.78. The number of para-hydroxylation sites is 1. The Morgan fingerprint density at radius 2 is 2.31 bits per heavy atom. The van der Waals surface area contributed by atoms with Gasteiger partial charge < -0.3 is 0 Å². The number of benzene rings is 1. The van der Waals surface area contributed by atoms with Crippen molar-refractivity contribution in [1.82, 2.24) is 0 Å². The van der Waals surface area contributed by atoms with E-state index in [1.807, 2.05) is 12.1 Å². The van der Waals surface area contributed by atoms with Gasteiger partial charge in [-0.25, -0.2) is 0 Å². The van der Waals surface area contributed by atoms with E-state index >= 15 is 0 Å². The van der Waals surface area contributed by atoms with Crippen molar-refractivity contribution in [2.75, 3.05) is 6.61 Å². The van der Waals surface area contributed by atoms with Gasteiger partial charge in [0.2, 0.25) is 0 Å². The standard InChI is InChI=1S/C8H6ClO3.Hg/c9-6-3-1-2-4-7(6)12-5-8(10)11;/h1-3H,5H2,(H,10,11);. The molecule has 0 atom stereocenters. The van der Waals surface area contributed by atoms with Crippen LogP contribution >= 0.6 is 11.6 Å². The van der Waals surface area contributed by atoms with Gasteiger partial charge in [0.05, 0.1) is 0 Å². The van der Waals surface area contributed by atoms with E-state index in [2.05, 4.69) is 0 Å². The molecule has 0 saturated heterocycles. The molecule has 5 heteroatoms. The predicted molar refractivity (Wildman–Crippen MR) is 44.2 cm³/mol. The predicted octanol–water partition coefficient (Wildman–Crippen LogP) is 0.976. The molecule has 65 valence electrons. The summed E-state index contributed by atoms with van der Waals surface area (Å²) in [6, 6.07) is 5.42. The number of hydrogen-bond donors (Lipinski definition) is 1. The van der Waals surface area contributed by atoms with Gasteiger partial charge in [-0.3, -0.25) is 0 Å². The van der Waals surface area contributed by atoms with Crippen molar-refractivity contribution in [3.8, 4) is 5.75 Å². The number of rotatable bonds is 3. The van der Waals surface area contributed by atoms with Crippen LogP contribution in [0.4, 0.5) is 0 Å². The summed E-state index contributed by atoms with van der Waals surface area (Å²) in [7, 11) is 0. The summed E-state index contributed by atoms with van der Waals surface area (Å²) in [6.07, 6.45) is 0. The fourth-order valence-electron chi connectivity index (χ4n) is 0.849. The van der Waals surface area contributed by atoms with Gasteiger partial charge in [-0.05, 0) is 0 Å². The van der Waals surface area contributed by atoms with Crippen LogP contribution in [0.15, 0.2) is 18.2 Å². The van der Waals surface area contributed by atoms with E-state index < -0.39 is 5.97 Å². The number of hydrogen-bond acceptors (Lipinski definition) is 2. The Morgan fingerprint density at radius 1 is 1.62 bits per heavy atom. The zero-order valence-corrected chi connectivity index (χ0v) is 13.0. The molecule has 1 N–H and O–H groups in total. The van der Waals surface area contributed by atoms with Gasteiger partial charge in [-0.2, -0.15) is 0 Å². The maximum absolute atomic E-state index is 10.2. The minimum atomic E-state index is -0.993. The van der Waals surface area contributed by atoms with Gasteiger partial charge in [-0.15, -0.1) is 0 Å². The monoisotopic (exact) mass is 387 g/mol. The summed E-state index contributed by atoms with van der Waals surface area (Å²) in [5.41, 5.74) is 0. The maximum atomic E-state index is 10.2. The molecule has 1 aromatic rings. The fraction of sp³-hybridized carbons (Fsp3) is 0.125. The summed E-state index contributed by atoms with van der Waals surface area (Å²) in [6.45, 7) is -0.339. The van der Waals surface area contributed by atoms with Gasteiger partial charge in [0.15, 0.2) is 0 Å². The van der Waals surface area contributed by atoms with E-state index in [0.717, 1.165) is 3.07 Å². The van der Waals surface area contributed by atoms with E-state index in [-0.39, 0.29) is 6.61 Å². The molecule has 0 aliphatic rings. The summed E-state index contributed by atoms with van der Waals surface area (Å²) in [5.74, 6) is -0.470. The van der Waals surface area contributed by atoms with Crippen molar-refractivity contribution in [1.29, 1.82) is 0 Å². The fourth-order valence-corrected chi connectivity index (χ4v) is 3.20. The quantitative estimate of drug-likeness (QED) is 0.788. The molecular formula is C8H6ClHgO3. The van der Waals surface area contributed by atoms with Gasteiger partial charge in [0.25, 0.3) is 0 Å². The average molecular weight is 386 g/mol. The van der Waals surface area contributed by atoms with Crippen molar-refractivity contribution >= 4 is 20.6 Å². The van der Waals surface area contributed by atoms with Crippen molar-refractivity contribution < 1.29 is 40.8 Å². The summed E-state index contributed by atoms with van der Waals surface area (Å²) in [4.78, 5) is 10.2. The number of carboxylic acids is 1. The molecule has 0 amide bonds. The molecule has 3 nitrogen and oxygen atoms in total. The first-order valence-electron chi connectivity index (χ1n) is 3.56. The third-order valence-electron chi connectivity index (χ3n) is 1.39. The number of aliphatic carboxylic acids is 1. The van der Waals surface area contributed by atoms with Crippen LogP contribution in [0.25, 0.3) is 0 Å². The van der Waals surface area contributed by atoms with Crippen molar-refractivity contribution in [3.63, 3.8) is 0 Å². The van der Waals surface area contributed by atoms with Crippen LogP contribution in [0.5, 0.6) is 5.75 Å². The molecule has 0 aliphatic heterocycles. The summed E-state index contributed by atoms with van der Waals surface area (Å²) in [5, 5.41) is 8.88. The van der Waals surface area contributed by atoms with Crippen LogP contribution in [-0.4, -0.2) is 17.7 Å². The molecule has 0 bridgehead atoms. The zero-order valence-electron chi connectivity index (χ0n) is 6.79. The molecule has 0 radical (unpaired) electrons. The Balaban J connectivity index is 2.81. The molecule has 1 aromatic carbocycles. The average Bonchev–Trinajstić information content (AvgIpc) is 2.03. The van der Waals surface area contributed by atoms with Gasteiger partial charge >= 0.3 is 97.0 Å². The van der Waals surface area contributed by atoms with Crippen molar-refractivity contribution in [2.45, 2.75) is 0 Å². The Bertz CT molecular complexity index is 307. The Kier molecular flexibility index (Phi) is 4.00. The molecule has 0 aromatic heterocycles. The Hall–Kier alpha value is -0.285. The summed E-state index contributed by atoms with van der Waals surface area (Å²) >= 11 is 6.20. The SMILES string of the molecule is O=C(O)COc1c(Cl)ccc[c]1[Hg]. The summed E-state index contributed by atoms with van der Waals surface area (Å²) < 4.78 is 6.07. The van der Waals surface area contributed by atoms with Crippen LogP contribution in [0.1, 0.15) is 0 Å². The molecule has 0 aliphatic carbocycles. The third kappa shape index (κ3) is 3.16. The van der Waals surface area contributed by atoms with E-state index in [1.54, 1.807) is 6.07 Å². The van der Waals surface area contributed by atoms with Crippen LogP contribution in [0, 0.1) is 0 Å². The zero-order chi connectivity index (χ0) is 9.84. The first-order valence-corrected chi connectivity index (χ1v) is 6.69. The Morgan fingerprint density at radius 3 is 2.85 bits per heavy atom. The molecule has 0 saturated carbocycles. The molecule has 1 rings (SSSR count). The van der Waals surface area contributed by atoms with E-state index in [1.165, 1.54) is 0 Å². The topological polar surface area (TPSA) is 46.5 Å². The molecule has 0 fully saturated rings. The second kappa shape index (κ2) is 4.81. The first kappa shape index (κ1) is 10.8. The van der Waals surface area contributed by atoms with Crippen molar-refractivity contribution in [3.05, 3.63) is 23.2 Å². The van der Waals surface area contributed by atoms with Gasteiger partial charge in [0, 0.05) is 0 Å². The second-order valence-electron chi connectivity index (χ2n) is 2.41. The molecule has 0 heterocycles. The van der Waals surface area contributed by atoms with Gasteiger partial charge in [0.1, 0.15) is 0 Å². The van der Waals surface area contributed by atoms with Crippen LogP contribution in [-0.2, 0) is 30.9 Å². The van der Waals surface area contributed by atoms with E-state index in [9.17, 15) is 4.79 Å². The van der Waals surface area contributed by atoms with Crippen LogP contribution in [0.3, 0.4) is 0 Å². The third-order valence-corrected chi connectivity index (χ3v) is 3.85. The van der Waals surface area contributed by atoms with Gasteiger partial charge in [-0.1, -0.05) is 0 Å². The van der Waals surface area contributed by atoms with Crippen LogP contribution < -0.4 is 7.81 Å². The number of ether oxygens (including phenoxy) is 1. The van der Waals surface area contributed by atoms with E-state index in [0.29, 0.717) is 36.9 Å². The first-order chi connectivity index (χ1) is 6.11. The number of halogens is 1.